The summed E-state index contributed by atoms with van der Waals surface area (Å²) in [6, 6.07) is -0.694. The molecule has 1 aromatic rings. The van der Waals surface area contributed by atoms with Crippen molar-refractivity contribution in [3.8, 4) is 0 Å². The monoisotopic (exact) mass is 847 g/mol. The van der Waals surface area contributed by atoms with Crippen molar-refractivity contribution in [1.29, 1.82) is 0 Å². The second-order valence-corrected chi connectivity index (χ2v) is 14.6. The molecule has 3 aliphatic rings. The fourth-order valence-corrected chi connectivity index (χ4v) is 7.05. The molecule has 27 nitrogen and oxygen atoms in total. The highest BCUT2D eigenvalue weighted by Crippen LogP contribution is 2.51. The summed E-state index contributed by atoms with van der Waals surface area (Å²) in [6.07, 6.45) is -23.0. The lowest BCUT2D eigenvalue weighted by atomic mass is 9.88. The number of anilines is 1. The maximum atomic E-state index is 13.1. The van der Waals surface area contributed by atoms with E-state index in [-0.39, 0.29) is 12.2 Å². The van der Waals surface area contributed by atoms with Crippen molar-refractivity contribution in [2.45, 2.75) is 111 Å². The molecule has 3 fully saturated rings. The zero-order chi connectivity index (χ0) is 42.6. The number of phosphoric acid groups is 1. The van der Waals surface area contributed by atoms with Crippen LogP contribution in [0.25, 0.3) is 0 Å². The van der Waals surface area contributed by atoms with Gasteiger partial charge in [0.2, 0.25) is 11.8 Å². The second-order valence-electron chi connectivity index (χ2n) is 13.2. The first kappa shape index (κ1) is 46.4. The summed E-state index contributed by atoms with van der Waals surface area (Å²) in [4.78, 5) is 63.9. The number of ether oxygens (including phenoxy) is 4. The Morgan fingerprint density at radius 2 is 1.72 bits per heavy atom. The number of carboxylic acids is 1. The Hall–Kier alpha value is -3.32. The van der Waals surface area contributed by atoms with E-state index >= 15 is 0 Å². The van der Waals surface area contributed by atoms with Crippen LogP contribution in [0.2, 0.25) is 0 Å². The van der Waals surface area contributed by atoms with E-state index in [0.29, 0.717) is 0 Å². The van der Waals surface area contributed by atoms with Gasteiger partial charge in [0.25, 0.3) is 5.79 Å². The van der Waals surface area contributed by atoms with Gasteiger partial charge in [-0.1, -0.05) is 6.92 Å². The van der Waals surface area contributed by atoms with Crippen LogP contribution in [-0.2, 0) is 46.9 Å². The van der Waals surface area contributed by atoms with Crippen molar-refractivity contribution in [2.75, 3.05) is 32.1 Å². The first-order chi connectivity index (χ1) is 26.6. The number of hydrogen-bond acceptors (Lipinski definition) is 22. The molecular formula is C29H46N5O22P. The molecule has 324 valence electrons. The van der Waals surface area contributed by atoms with Crippen LogP contribution in [0.5, 0.6) is 0 Å². The molecule has 57 heavy (non-hydrogen) atoms. The Bertz CT molecular complexity index is 1670. The number of nitrogens with one attached hydrogen (secondary N) is 2. The number of phosphoric ester groups is 1. The van der Waals surface area contributed by atoms with Gasteiger partial charge in [-0.25, -0.2) is 18.7 Å². The Morgan fingerprint density at radius 3 is 2.33 bits per heavy atom. The van der Waals surface area contributed by atoms with Crippen LogP contribution in [0, 0.1) is 0 Å². The van der Waals surface area contributed by atoms with Gasteiger partial charge in [-0.2, -0.15) is 4.98 Å². The lowest BCUT2D eigenvalue weighted by molar-refractivity contribution is -0.295. The number of rotatable bonds is 17. The topological polar surface area (TPSA) is 431 Å². The molecule has 4 rings (SSSR count). The van der Waals surface area contributed by atoms with Crippen molar-refractivity contribution in [3.05, 3.63) is 22.7 Å². The van der Waals surface area contributed by atoms with E-state index in [1.807, 2.05) is 0 Å². The van der Waals surface area contributed by atoms with Crippen LogP contribution in [0.4, 0.5) is 5.82 Å². The van der Waals surface area contributed by atoms with Crippen LogP contribution in [0.3, 0.4) is 0 Å². The number of aromatic nitrogens is 2. The molecule has 28 heteroatoms. The minimum absolute atomic E-state index is 0.171. The lowest BCUT2D eigenvalue weighted by Gasteiger charge is -2.46. The zero-order valence-corrected chi connectivity index (χ0v) is 30.7. The van der Waals surface area contributed by atoms with Gasteiger partial charge in [-0.3, -0.25) is 18.7 Å². The molecule has 15 N–H and O–H groups in total. The highest BCUT2D eigenvalue weighted by molar-refractivity contribution is 7.47. The van der Waals surface area contributed by atoms with Gasteiger partial charge >= 0.3 is 19.5 Å². The van der Waals surface area contributed by atoms with Crippen LogP contribution < -0.4 is 22.1 Å². The van der Waals surface area contributed by atoms with E-state index < -0.39 is 156 Å². The van der Waals surface area contributed by atoms with Gasteiger partial charge in [0.15, 0.2) is 12.5 Å². The first-order valence-corrected chi connectivity index (χ1v) is 18.6. The van der Waals surface area contributed by atoms with Crippen molar-refractivity contribution in [1.82, 2.24) is 20.2 Å². The minimum Gasteiger partial charge on any atom is -0.477 e. The third-order valence-electron chi connectivity index (χ3n) is 9.17. The van der Waals surface area contributed by atoms with Gasteiger partial charge in [-0.15, -0.1) is 0 Å². The summed E-state index contributed by atoms with van der Waals surface area (Å²) >= 11 is 0. The number of aliphatic hydroxyl groups excluding tert-OH is 9. The zero-order valence-electron chi connectivity index (χ0n) is 29.8. The predicted octanol–water partition coefficient (Wildman–Crippen LogP) is -7.94. The number of aliphatic carboxylic acids is 1. The van der Waals surface area contributed by atoms with E-state index in [0.717, 1.165) is 10.8 Å². The van der Waals surface area contributed by atoms with E-state index in [4.69, 9.17) is 33.7 Å². The summed E-state index contributed by atoms with van der Waals surface area (Å²) in [5, 5.41) is 107. The molecular weight excluding hydrogens is 801 g/mol. The van der Waals surface area contributed by atoms with Gasteiger partial charge in [0, 0.05) is 12.6 Å². The average molecular weight is 848 g/mol. The van der Waals surface area contributed by atoms with Gasteiger partial charge in [0.05, 0.1) is 38.0 Å². The highest BCUT2D eigenvalue weighted by Gasteiger charge is 2.59. The Kier molecular flexibility index (Phi) is 15.6. The molecule has 0 aliphatic carbocycles. The number of nitrogen functional groups attached to an aromatic ring is 1. The molecule has 0 aromatic carbocycles. The third kappa shape index (κ3) is 10.8. The molecule has 1 aromatic heterocycles. The molecule has 0 radical (unpaired) electrons. The number of hydrogen-bond donors (Lipinski definition) is 14. The molecule has 0 spiro atoms. The highest BCUT2D eigenvalue weighted by atomic mass is 31.2. The Labute approximate surface area is 320 Å². The summed E-state index contributed by atoms with van der Waals surface area (Å²) in [5.74, 6) is -7.86. The van der Waals surface area contributed by atoms with Crippen molar-refractivity contribution >= 4 is 31.4 Å². The smallest absolute Gasteiger partial charge is 0.475 e. The number of nitrogens with two attached hydrogens (primary N) is 1. The fourth-order valence-electron chi connectivity index (χ4n) is 6.10. The van der Waals surface area contributed by atoms with Crippen LogP contribution in [-0.4, -0.2) is 195 Å². The third-order valence-corrected chi connectivity index (χ3v) is 10.2. The first-order valence-electron chi connectivity index (χ1n) is 17.1. The van der Waals surface area contributed by atoms with Crippen LogP contribution in [0.15, 0.2) is 17.1 Å². The number of aliphatic hydroxyl groups is 9. The maximum Gasteiger partial charge on any atom is 0.475 e. The maximum absolute atomic E-state index is 13.1. The SMILES string of the molecule is CCC1O[C@H](OCC(=O)NCC(=O)NC2C(O)CC(OP(=O)(O)OCC3OC(n4ccc(N)nc4=O)C(O)C3O)(C(=O)O)OC2[C@H](O)[C@H](O)CO)C(O)[C@@H](O)[C@@H]1O. The van der Waals surface area contributed by atoms with Crippen LogP contribution in [0.1, 0.15) is 26.0 Å². The lowest BCUT2D eigenvalue weighted by Crippen LogP contribution is -2.68. The minimum atomic E-state index is -5.68. The van der Waals surface area contributed by atoms with Crippen molar-refractivity contribution < 1.29 is 103 Å². The number of carbonyl (C=O) groups excluding carboxylic acids is 2. The standard InChI is InChI=1S/C29H46N5O22P/c1-2-12-19(41)21(43)23(45)26(54-12)51-9-16(39)31-6-15(38)33-17-10(36)5-29(27(46)47,55-24(17)18(40)11(37)7-35)56-57(49,50)52-8-13-20(42)22(44)25(53-13)34-4-3-14(30)32-28(34)48/h3-4,10-13,17-26,35-37,40-45H,2,5-9H2,1H3,(H,31,39)(H,33,38)(H,46,47)(H,49,50)(H2,30,32,48)/t10?,11-,12?,13?,17?,18-,19-,20?,21+,22?,23?,24?,25?,26+,29?/m1/s1. The van der Waals surface area contributed by atoms with Gasteiger partial charge in [-0.05, 0) is 12.5 Å². The fraction of sp³-hybridized carbons (Fsp3) is 0.759. The number of carboxylic acid groups (broad SMARTS) is 1. The number of carbonyl (C=O) groups is 3. The molecule has 16 atom stereocenters. The van der Waals surface area contributed by atoms with Crippen LogP contribution >= 0.6 is 7.82 Å². The number of amides is 2. The van der Waals surface area contributed by atoms with Gasteiger partial charge < -0.3 is 91.3 Å². The normalized spacial score (nSPS) is 36.5. The van der Waals surface area contributed by atoms with E-state index in [1.54, 1.807) is 6.92 Å². The Balaban J connectivity index is 1.40. The van der Waals surface area contributed by atoms with E-state index in [2.05, 4.69) is 15.6 Å². The van der Waals surface area contributed by atoms with E-state index in [9.17, 15) is 79.7 Å². The molecule has 3 saturated heterocycles. The molecule has 0 saturated carbocycles. The molecule has 3 aliphatic heterocycles. The predicted molar refractivity (Wildman–Crippen MR) is 179 cm³/mol. The molecule has 2 amide bonds. The summed E-state index contributed by atoms with van der Waals surface area (Å²) in [7, 11) is -5.68. The van der Waals surface area contributed by atoms with E-state index in [1.165, 1.54) is 6.07 Å². The molecule has 11 unspecified atom stereocenters. The summed E-state index contributed by atoms with van der Waals surface area (Å²) in [6.45, 7) is -2.36. The van der Waals surface area contributed by atoms with Crippen molar-refractivity contribution in [3.63, 3.8) is 0 Å². The quantitative estimate of drug-likeness (QED) is 0.0647. The second kappa shape index (κ2) is 19.2. The Morgan fingerprint density at radius 1 is 1.05 bits per heavy atom. The number of nitrogens with zero attached hydrogens (tertiary/aromatic N) is 2. The summed E-state index contributed by atoms with van der Waals surface area (Å²) in [5.41, 5.74) is 4.45. The largest absolute Gasteiger partial charge is 0.477 e. The van der Waals surface area contributed by atoms with Crippen molar-refractivity contribution in [2.24, 2.45) is 0 Å². The molecule has 0 bridgehead atoms. The molecule has 4 heterocycles. The summed E-state index contributed by atoms with van der Waals surface area (Å²) < 4.78 is 44.7. The van der Waals surface area contributed by atoms with Gasteiger partial charge in [0.1, 0.15) is 67.4 Å². The average Bonchev–Trinajstić information content (AvgIpc) is 3.43.